The summed E-state index contributed by atoms with van der Waals surface area (Å²) in [5.74, 6) is -0.254. The lowest BCUT2D eigenvalue weighted by Crippen LogP contribution is -2.32. The van der Waals surface area contributed by atoms with E-state index in [-0.39, 0.29) is 18.2 Å². The average Bonchev–Trinajstić information content (AvgIpc) is 2.50. The van der Waals surface area contributed by atoms with Gasteiger partial charge < -0.3 is 5.73 Å². The fraction of sp³-hybridized carbons (Fsp3) is 0.429. The monoisotopic (exact) mass is 246 g/mol. The molecule has 1 aliphatic heterocycles. The van der Waals surface area contributed by atoms with Crippen LogP contribution in [0, 0.1) is 5.41 Å². The summed E-state index contributed by atoms with van der Waals surface area (Å²) in [6, 6.07) is 7.44. The number of anilines is 1. The maximum atomic E-state index is 12.1. The molecule has 18 heavy (non-hydrogen) atoms. The molecule has 0 saturated carbocycles. The van der Waals surface area contributed by atoms with Gasteiger partial charge in [0.1, 0.15) is 0 Å². The van der Waals surface area contributed by atoms with Crippen molar-refractivity contribution < 1.29 is 9.59 Å². The molecule has 0 aromatic heterocycles. The van der Waals surface area contributed by atoms with Gasteiger partial charge in [-0.25, -0.2) is 0 Å². The number of hydrogen-bond acceptors (Lipinski definition) is 3. The summed E-state index contributed by atoms with van der Waals surface area (Å²) < 4.78 is 0. The normalized spacial score (nSPS) is 18.5. The summed E-state index contributed by atoms with van der Waals surface area (Å²) in [5.41, 5.74) is 6.65. The molecule has 0 aliphatic carbocycles. The Bertz CT molecular complexity index is 477. The van der Waals surface area contributed by atoms with Crippen LogP contribution in [0.3, 0.4) is 0 Å². The van der Waals surface area contributed by atoms with Crippen molar-refractivity contribution in [2.24, 2.45) is 11.1 Å². The van der Waals surface area contributed by atoms with Crippen LogP contribution in [0.5, 0.6) is 0 Å². The van der Waals surface area contributed by atoms with E-state index in [1.54, 1.807) is 13.8 Å². The number of carbonyl (C=O) groups excluding carboxylic acids is 2. The van der Waals surface area contributed by atoms with Crippen molar-refractivity contribution in [1.82, 2.24) is 0 Å². The molecule has 4 heteroatoms. The fourth-order valence-corrected chi connectivity index (χ4v) is 2.19. The van der Waals surface area contributed by atoms with E-state index >= 15 is 0 Å². The lowest BCUT2D eigenvalue weighted by Gasteiger charge is -2.18. The molecule has 96 valence electrons. The van der Waals surface area contributed by atoms with Crippen molar-refractivity contribution in [3.8, 4) is 0 Å². The predicted molar refractivity (Wildman–Crippen MR) is 70.1 cm³/mol. The van der Waals surface area contributed by atoms with Crippen LogP contribution >= 0.6 is 0 Å². The first kappa shape index (κ1) is 12.8. The second kappa shape index (κ2) is 4.53. The zero-order chi connectivity index (χ0) is 13.3. The molecule has 2 rings (SSSR count). The maximum Gasteiger partial charge on any atom is 0.239 e. The highest BCUT2D eigenvalue weighted by molar-refractivity contribution is 6.22. The van der Waals surface area contributed by atoms with Crippen molar-refractivity contribution >= 4 is 17.5 Å². The number of rotatable bonds is 3. The van der Waals surface area contributed by atoms with E-state index in [2.05, 4.69) is 0 Å². The molecule has 0 atom stereocenters. The van der Waals surface area contributed by atoms with Gasteiger partial charge in [0, 0.05) is 6.42 Å². The van der Waals surface area contributed by atoms with Gasteiger partial charge in [-0.1, -0.05) is 26.0 Å². The van der Waals surface area contributed by atoms with Crippen LogP contribution in [0.2, 0.25) is 0 Å². The van der Waals surface area contributed by atoms with Crippen LogP contribution in [-0.2, 0) is 16.0 Å². The molecule has 4 nitrogen and oxygen atoms in total. The van der Waals surface area contributed by atoms with Gasteiger partial charge in [0.05, 0.1) is 11.1 Å². The Morgan fingerprint density at radius 2 is 1.83 bits per heavy atom. The standard InChI is InChI=1S/C14H18N2O2/c1-14(2)9-12(17)16(13(14)18)11-5-3-10(4-6-11)7-8-15/h3-6H,7-9,15H2,1-2H3. The van der Waals surface area contributed by atoms with Crippen molar-refractivity contribution in [3.05, 3.63) is 29.8 Å². The van der Waals surface area contributed by atoms with Gasteiger partial charge in [0.15, 0.2) is 0 Å². The zero-order valence-corrected chi connectivity index (χ0v) is 10.8. The molecule has 1 heterocycles. The van der Waals surface area contributed by atoms with Crippen LogP contribution in [-0.4, -0.2) is 18.4 Å². The second-order valence-corrected chi connectivity index (χ2v) is 5.30. The third-order valence-corrected chi connectivity index (χ3v) is 3.25. The Labute approximate surface area is 107 Å². The van der Waals surface area contributed by atoms with Crippen LogP contribution < -0.4 is 10.6 Å². The van der Waals surface area contributed by atoms with Gasteiger partial charge >= 0.3 is 0 Å². The first-order chi connectivity index (χ1) is 8.45. The number of benzene rings is 1. The van der Waals surface area contributed by atoms with E-state index in [9.17, 15) is 9.59 Å². The Morgan fingerprint density at radius 1 is 1.22 bits per heavy atom. The Hall–Kier alpha value is -1.68. The van der Waals surface area contributed by atoms with E-state index in [1.165, 1.54) is 4.90 Å². The van der Waals surface area contributed by atoms with Crippen molar-refractivity contribution in [2.45, 2.75) is 26.7 Å². The van der Waals surface area contributed by atoms with Gasteiger partial charge in [-0.2, -0.15) is 0 Å². The molecule has 0 bridgehead atoms. The Balaban J connectivity index is 2.26. The summed E-state index contributed by atoms with van der Waals surface area (Å²) in [4.78, 5) is 25.3. The molecule has 1 fully saturated rings. The van der Waals surface area contributed by atoms with E-state index in [0.29, 0.717) is 12.2 Å². The van der Waals surface area contributed by atoms with Crippen LogP contribution in [0.15, 0.2) is 24.3 Å². The number of nitrogens with zero attached hydrogens (tertiary/aromatic N) is 1. The van der Waals surface area contributed by atoms with Gasteiger partial charge in [0.25, 0.3) is 0 Å². The maximum absolute atomic E-state index is 12.1. The quantitative estimate of drug-likeness (QED) is 0.822. The zero-order valence-electron chi connectivity index (χ0n) is 10.8. The molecular formula is C14H18N2O2. The van der Waals surface area contributed by atoms with Gasteiger partial charge in [0.2, 0.25) is 11.8 Å². The molecule has 1 aromatic carbocycles. The van der Waals surface area contributed by atoms with Gasteiger partial charge in [-0.3, -0.25) is 14.5 Å². The topological polar surface area (TPSA) is 63.4 Å². The largest absolute Gasteiger partial charge is 0.330 e. The van der Waals surface area contributed by atoms with Crippen LogP contribution in [0.25, 0.3) is 0 Å². The van der Waals surface area contributed by atoms with Crippen molar-refractivity contribution in [3.63, 3.8) is 0 Å². The van der Waals surface area contributed by atoms with Crippen LogP contribution in [0.1, 0.15) is 25.8 Å². The average molecular weight is 246 g/mol. The highest BCUT2D eigenvalue weighted by Crippen LogP contribution is 2.34. The number of carbonyl (C=O) groups is 2. The predicted octanol–water partition coefficient (Wildman–Crippen LogP) is 1.48. The number of amides is 2. The van der Waals surface area contributed by atoms with E-state index in [4.69, 9.17) is 5.73 Å². The van der Waals surface area contributed by atoms with Crippen molar-refractivity contribution in [2.75, 3.05) is 11.4 Å². The molecule has 0 spiro atoms. The summed E-state index contributed by atoms with van der Waals surface area (Å²) in [7, 11) is 0. The smallest absolute Gasteiger partial charge is 0.239 e. The molecule has 1 aromatic rings. The second-order valence-electron chi connectivity index (χ2n) is 5.30. The molecule has 2 N–H and O–H groups in total. The van der Waals surface area contributed by atoms with E-state index in [1.807, 2.05) is 24.3 Å². The van der Waals surface area contributed by atoms with Gasteiger partial charge in [-0.15, -0.1) is 0 Å². The molecule has 0 radical (unpaired) electrons. The SMILES string of the molecule is CC1(C)CC(=O)N(c2ccc(CCN)cc2)C1=O. The number of imide groups is 1. The lowest BCUT2D eigenvalue weighted by atomic mass is 9.92. The number of hydrogen-bond donors (Lipinski definition) is 1. The molecule has 1 aliphatic rings. The summed E-state index contributed by atoms with van der Waals surface area (Å²) in [6.07, 6.45) is 1.07. The highest BCUT2D eigenvalue weighted by atomic mass is 16.2. The highest BCUT2D eigenvalue weighted by Gasteiger charge is 2.45. The lowest BCUT2D eigenvalue weighted by molar-refractivity contribution is -0.124. The molecule has 1 saturated heterocycles. The van der Waals surface area contributed by atoms with E-state index < -0.39 is 5.41 Å². The summed E-state index contributed by atoms with van der Waals surface area (Å²) in [5, 5.41) is 0. The Kier molecular flexibility index (Phi) is 3.22. The minimum absolute atomic E-state index is 0.126. The third kappa shape index (κ3) is 2.16. The van der Waals surface area contributed by atoms with Gasteiger partial charge in [-0.05, 0) is 30.7 Å². The first-order valence-electron chi connectivity index (χ1n) is 6.12. The molecular weight excluding hydrogens is 228 g/mol. The molecule has 2 amide bonds. The van der Waals surface area contributed by atoms with E-state index in [0.717, 1.165) is 12.0 Å². The molecule has 0 unspecified atom stereocenters. The summed E-state index contributed by atoms with van der Waals surface area (Å²) >= 11 is 0. The first-order valence-corrected chi connectivity index (χ1v) is 6.12. The van der Waals surface area contributed by atoms with Crippen LogP contribution in [0.4, 0.5) is 5.69 Å². The third-order valence-electron chi connectivity index (χ3n) is 3.25. The fourth-order valence-electron chi connectivity index (χ4n) is 2.19. The summed E-state index contributed by atoms with van der Waals surface area (Å²) in [6.45, 7) is 4.19. The van der Waals surface area contributed by atoms with Crippen molar-refractivity contribution in [1.29, 1.82) is 0 Å². The minimum Gasteiger partial charge on any atom is -0.330 e. The number of nitrogens with two attached hydrogens (primary N) is 1. The minimum atomic E-state index is -0.590. The Morgan fingerprint density at radius 3 is 2.28 bits per heavy atom.